The zero-order valence-corrected chi connectivity index (χ0v) is 13.0. The summed E-state index contributed by atoms with van der Waals surface area (Å²) >= 11 is 9.20. The predicted molar refractivity (Wildman–Crippen MR) is 75.4 cm³/mol. The molecule has 1 aliphatic heterocycles. The van der Waals surface area contributed by atoms with Crippen molar-refractivity contribution < 1.29 is 8.42 Å². The Kier molecular flexibility index (Phi) is 4.33. The van der Waals surface area contributed by atoms with E-state index in [1.165, 1.54) is 4.31 Å². The van der Waals surface area contributed by atoms with Crippen LogP contribution in [0.1, 0.15) is 6.92 Å². The highest BCUT2D eigenvalue weighted by molar-refractivity contribution is 9.10. The number of benzene rings is 1. The van der Waals surface area contributed by atoms with E-state index in [2.05, 4.69) is 21.2 Å². The Bertz CT molecular complexity index is 550. The van der Waals surface area contributed by atoms with Crippen molar-refractivity contribution >= 4 is 37.6 Å². The van der Waals surface area contributed by atoms with Gasteiger partial charge in [0.25, 0.3) is 0 Å². The molecule has 0 spiro atoms. The number of hydrogen-bond acceptors (Lipinski definition) is 3. The van der Waals surface area contributed by atoms with Crippen LogP contribution >= 0.6 is 27.5 Å². The van der Waals surface area contributed by atoms with Gasteiger partial charge in [-0.2, -0.15) is 4.31 Å². The molecule has 1 unspecified atom stereocenters. The molecular weight excluding hydrogens is 340 g/mol. The monoisotopic (exact) mass is 352 g/mol. The van der Waals surface area contributed by atoms with Gasteiger partial charge in [-0.3, -0.25) is 0 Å². The van der Waals surface area contributed by atoms with Gasteiger partial charge in [0.15, 0.2) is 0 Å². The van der Waals surface area contributed by atoms with Crippen molar-refractivity contribution in [1.82, 2.24) is 9.62 Å². The zero-order chi connectivity index (χ0) is 13.3. The first-order chi connectivity index (χ1) is 8.44. The molecular formula is C11H14BrClN2O2S. The fraction of sp³-hybridized carbons (Fsp3) is 0.455. The maximum absolute atomic E-state index is 12.6. The first-order valence-corrected chi connectivity index (χ1v) is 8.22. The van der Waals surface area contributed by atoms with Crippen LogP contribution in [0.4, 0.5) is 0 Å². The molecule has 0 bridgehead atoms. The number of nitrogens with zero attached hydrogens (tertiary/aromatic N) is 1. The molecule has 1 heterocycles. The SMILES string of the molecule is CC1CNCCN1S(=O)(=O)c1cccc(Cl)c1Br. The third kappa shape index (κ3) is 2.58. The standard InChI is InChI=1S/C11H14BrClN2O2S/c1-8-7-14-5-6-15(8)18(16,17)10-4-2-3-9(13)11(10)12/h2-4,8,14H,5-7H2,1H3. The Labute approximate surface area is 120 Å². The fourth-order valence-corrected chi connectivity index (χ4v) is 4.82. The average Bonchev–Trinajstić information content (AvgIpc) is 2.32. The molecule has 1 saturated heterocycles. The number of rotatable bonds is 2. The van der Waals surface area contributed by atoms with E-state index in [1.54, 1.807) is 18.2 Å². The molecule has 1 N–H and O–H groups in total. The summed E-state index contributed by atoms with van der Waals surface area (Å²) in [5, 5.41) is 3.57. The van der Waals surface area contributed by atoms with E-state index in [9.17, 15) is 8.42 Å². The van der Waals surface area contributed by atoms with Gasteiger partial charge in [0, 0.05) is 25.7 Å². The average molecular weight is 354 g/mol. The Balaban J connectivity index is 2.44. The normalized spacial score (nSPS) is 22.1. The number of piperazine rings is 1. The van der Waals surface area contributed by atoms with E-state index in [0.717, 1.165) is 0 Å². The highest BCUT2D eigenvalue weighted by Gasteiger charge is 2.32. The maximum atomic E-state index is 12.6. The summed E-state index contributed by atoms with van der Waals surface area (Å²) in [6, 6.07) is 4.81. The van der Waals surface area contributed by atoms with Gasteiger partial charge in [-0.1, -0.05) is 17.7 Å². The van der Waals surface area contributed by atoms with E-state index in [-0.39, 0.29) is 10.9 Å². The Hall–Kier alpha value is -0.140. The third-order valence-corrected chi connectivity index (χ3v) is 6.66. The van der Waals surface area contributed by atoms with E-state index in [0.29, 0.717) is 29.1 Å². The fourth-order valence-electron chi connectivity index (χ4n) is 1.99. The summed E-state index contributed by atoms with van der Waals surface area (Å²) in [7, 11) is -3.50. The zero-order valence-electron chi connectivity index (χ0n) is 9.86. The molecule has 7 heteroatoms. The lowest BCUT2D eigenvalue weighted by atomic mass is 10.3. The lowest BCUT2D eigenvalue weighted by Gasteiger charge is -2.33. The summed E-state index contributed by atoms with van der Waals surface area (Å²) in [5.74, 6) is 0. The van der Waals surface area contributed by atoms with Crippen molar-refractivity contribution in [3.63, 3.8) is 0 Å². The number of hydrogen-bond donors (Lipinski definition) is 1. The summed E-state index contributed by atoms with van der Waals surface area (Å²) in [6.07, 6.45) is 0. The van der Waals surface area contributed by atoms with Crippen LogP contribution < -0.4 is 5.32 Å². The van der Waals surface area contributed by atoms with Crippen LogP contribution in [0.3, 0.4) is 0 Å². The van der Waals surface area contributed by atoms with E-state index < -0.39 is 10.0 Å². The Morgan fingerprint density at radius 3 is 2.89 bits per heavy atom. The molecule has 0 radical (unpaired) electrons. The number of halogens is 2. The Morgan fingerprint density at radius 1 is 1.50 bits per heavy atom. The van der Waals surface area contributed by atoms with Crippen LogP contribution in [0, 0.1) is 0 Å². The summed E-state index contributed by atoms with van der Waals surface area (Å²) in [6.45, 7) is 3.70. The van der Waals surface area contributed by atoms with Gasteiger partial charge in [0.1, 0.15) is 0 Å². The minimum Gasteiger partial charge on any atom is -0.314 e. The summed E-state index contributed by atoms with van der Waals surface area (Å²) < 4.78 is 27.1. The summed E-state index contributed by atoms with van der Waals surface area (Å²) in [5.41, 5.74) is 0. The van der Waals surface area contributed by atoms with Crippen LogP contribution in [0.2, 0.25) is 5.02 Å². The first-order valence-electron chi connectivity index (χ1n) is 5.61. The van der Waals surface area contributed by atoms with Gasteiger partial charge in [-0.05, 0) is 35.0 Å². The Morgan fingerprint density at radius 2 is 2.22 bits per heavy atom. The topological polar surface area (TPSA) is 49.4 Å². The van der Waals surface area contributed by atoms with Gasteiger partial charge in [0.05, 0.1) is 14.4 Å². The number of sulfonamides is 1. The van der Waals surface area contributed by atoms with Crippen molar-refractivity contribution in [2.75, 3.05) is 19.6 Å². The van der Waals surface area contributed by atoms with Gasteiger partial charge in [0.2, 0.25) is 10.0 Å². The van der Waals surface area contributed by atoms with Crippen LogP contribution in [0.5, 0.6) is 0 Å². The van der Waals surface area contributed by atoms with Crippen molar-refractivity contribution in [3.05, 3.63) is 27.7 Å². The van der Waals surface area contributed by atoms with Crippen LogP contribution in [0.15, 0.2) is 27.6 Å². The van der Waals surface area contributed by atoms with Crippen LogP contribution in [-0.2, 0) is 10.0 Å². The quantitative estimate of drug-likeness (QED) is 0.885. The van der Waals surface area contributed by atoms with Gasteiger partial charge in [-0.15, -0.1) is 0 Å². The smallest absolute Gasteiger partial charge is 0.244 e. The van der Waals surface area contributed by atoms with E-state index in [1.807, 2.05) is 6.92 Å². The molecule has 0 aliphatic carbocycles. The molecule has 18 heavy (non-hydrogen) atoms. The molecule has 0 amide bonds. The molecule has 1 aromatic carbocycles. The third-order valence-electron chi connectivity index (χ3n) is 2.94. The van der Waals surface area contributed by atoms with Crippen molar-refractivity contribution in [2.24, 2.45) is 0 Å². The highest BCUT2D eigenvalue weighted by Crippen LogP contribution is 2.32. The van der Waals surface area contributed by atoms with Crippen molar-refractivity contribution in [1.29, 1.82) is 0 Å². The van der Waals surface area contributed by atoms with Gasteiger partial charge in [-0.25, -0.2) is 8.42 Å². The molecule has 1 aromatic rings. The largest absolute Gasteiger partial charge is 0.314 e. The predicted octanol–water partition coefficient (Wildman–Crippen LogP) is 2.08. The lowest BCUT2D eigenvalue weighted by Crippen LogP contribution is -2.52. The molecule has 0 saturated carbocycles. The molecule has 1 atom stereocenters. The molecule has 100 valence electrons. The minimum absolute atomic E-state index is 0.0605. The molecule has 1 fully saturated rings. The van der Waals surface area contributed by atoms with Gasteiger partial charge < -0.3 is 5.32 Å². The molecule has 4 nitrogen and oxygen atoms in total. The van der Waals surface area contributed by atoms with Crippen LogP contribution in [0.25, 0.3) is 0 Å². The highest BCUT2D eigenvalue weighted by atomic mass is 79.9. The second-order valence-electron chi connectivity index (χ2n) is 4.22. The maximum Gasteiger partial charge on any atom is 0.244 e. The first kappa shape index (κ1) is 14.3. The molecule has 2 rings (SSSR count). The second-order valence-corrected chi connectivity index (χ2v) is 7.28. The van der Waals surface area contributed by atoms with Crippen LogP contribution in [-0.4, -0.2) is 38.4 Å². The van der Waals surface area contributed by atoms with E-state index >= 15 is 0 Å². The van der Waals surface area contributed by atoms with Crippen molar-refractivity contribution in [2.45, 2.75) is 17.9 Å². The minimum atomic E-state index is -3.50. The number of nitrogens with one attached hydrogen (secondary N) is 1. The second kappa shape index (κ2) is 5.46. The molecule has 0 aromatic heterocycles. The lowest BCUT2D eigenvalue weighted by molar-refractivity contribution is 0.283. The van der Waals surface area contributed by atoms with E-state index in [4.69, 9.17) is 11.6 Å². The van der Waals surface area contributed by atoms with Crippen molar-refractivity contribution in [3.8, 4) is 0 Å². The van der Waals surface area contributed by atoms with Gasteiger partial charge >= 0.3 is 0 Å². The molecule has 1 aliphatic rings. The summed E-state index contributed by atoms with van der Waals surface area (Å²) in [4.78, 5) is 0.226.